The summed E-state index contributed by atoms with van der Waals surface area (Å²) in [4.78, 5) is 4.90. The van der Waals surface area contributed by atoms with Crippen molar-refractivity contribution in [2.75, 3.05) is 9.80 Å². The maximum absolute atomic E-state index is 2.45. The summed E-state index contributed by atoms with van der Waals surface area (Å²) in [6.45, 7) is 0. The van der Waals surface area contributed by atoms with E-state index in [1.165, 1.54) is 111 Å². The number of benzene rings is 13. The van der Waals surface area contributed by atoms with Gasteiger partial charge in [0.2, 0.25) is 0 Å². The van der Waals surface area contributed by atoms with Gasteiger partial charge in [0.25, 0.3) is 0 Å². The Balaban J connectivity index is 0.713. The second kappa shape index (κ2) is 18.0. The Morgan fingerprint density at radius 2 is 0.402 bits per heavy atom. The van der Waals surface area contributed by atoms with Gasteiger partial charge in [0.05, 0.1) is 22.2 Å². The summed E-state index contributed by atoms with van der Waals surface area (Å²) < 4.78 is 0. The highest BCUT2D eigenvalue weighted by Gasteiger charge is 2.54. The van der Waals surface area contributed by atoms with E-state index in [0.717, 1.165) is 34.1 Å². The molecule has 0 aromatic heterocycles. The first-order valence-electron chi connectivity index (χ1n) is 28.6. The topological polar surface area (TPSA) is 6.48 Å². The molecular formula is C80H52N2. The Hall–Kier alpha value is -10.5. The second-order valence-electron chi connectivity index (χ2n) is 22.2. The van der Waals surface area contributed by atoms with Crippen LogP contribution in [-0.2, 0) is 10.8 Å². The summed E-state index contributed by atoms with van der Waals surface area (Å²) in [6, 6.07) is 117. The van der Waals surface area contributed by atoms with Gasteiger partial charge in [0, 0.05) is 33.9 Å². The molecule has 382 valence electrons. The summed E-state index contributed by atoms with van der Waals surface area (Å²) in [5.41, 5.74) is 31.7. The molecule has 17 rings (SSSR count). The highest BCUT2D eigenvalue weighted by Crippen LogP contribution is 2.66. The minimum absolute atomic E-state index is 0.421. The predicted molar refractivity (Wildman–Crippen MR) is 339 cm³/mol. The molecular weight excluding hydrogens is 989 g/mol. The summed E-state index contributed by atoms with van der Waals surface area (Å²) in [5, 5.41) is 0. The van der Waals surface area contributed by atoms with Crippen molar-refractivity contribution in [1.82, 2.24) is 0 Å². The van der Waals surface area contributed by atoms with Crippen molar-refractivity contribution in [3.05, 3.63) is 360 Å². The molecule has 0 bridgehead atoms. The highest BCUT2D eigenvalue weighted by atomic mass is 15.2. The first-order chi connectivity index (χ1) is 40.7. The molecule has 4 aliphatic rings. The van der Waals surface area contributed by atoms with Gasteiger partial charge in [-0.05, 0) is 161 Å². The van der Waals surface area contributed by atoms with Gasteiger partial charge in [-0.1, -0.05) is 255 Å². The van der Waals surface area contributed by atoms with Crippen LogP contribution in [-0.4, -0.2) is 0 Å². The van der Waals surface area contributed by atoms with E-state index in [4.69, 9.17) is 0 Å². The number of hydrogen-bond donors (Lipinski definition) is 0. The molecule has 0 N–H and O–H groups in total. The van der Waals surface area contributed by atoms with Crippen LogP contribution in [0.1, 0.15) is 44.5 Å². The van der Waals surface area contributed by atoms with E-state index in [0.29, 0.717) is 0 Å². The van der Waals surface area contributed by atoms with Crippen LogP contribution >= 0.6 is 0 Å². The minimum Gasteiger partial charge on any atom is -0.310 e. The maximum atomic E-state index is 2.45. The molecule has 0 radical (unpaired) electrons. The van der Waals surface area contributed by atoms with Crippen LogP contribution in [0.15, 0.2) is 315 Å². The largest absolute Gasteiger partial charge is 0.310 e. The number of para-hydroxylation sites is 2. The molecule has 4 aliphatic carbocycles. The second-order valence-corrected chi connectivity index (χ2v) is 22.2. The van der Waals surface area contributed by atoms with Crippen molar-refractivity contribution < 1.29 is 0 Å². The third-order valence-corrected chi connectivity index (χ3v) is 18.3. The molecule has 0 amide bonds. The Kier molecular flexibility index (Phi) is 10.2. The van der Waals surface area contributed by atoms with Crippen LogP contribution in [0.3, 0.4) is 0 Å². The van der Waals surface area contributed by atoms with Crippen LogP contribution in [0.2, 0.25) is 0 Å². The highest BCUT2D eigenvalue weighted by molar-refractivity contribution is 6.03. The van der Waals surface area contributed by atoms with Gasteiger partial charge in [-0.25, -0.2) is 0 Å². The van der Waals surface area contributed by atoms with Crippen molar-refractivity contribution in [3.63, 3.8) is 0 Å². The van der Waals surface area contributed by atoms with E-state index < -0.39 is 10.8 Å². The molecule has 2 heteroatoms. The van der Waals surface area contributed by atoms with Crippen molar-refractivity contribution in [3.8, 4) is 66.8 Å². The standard InChI is InChI=1S/C80H52N2/c1-3-21-57(22-4-1)81(75-39-19-37-73-77(75)65-29-11-17-35-71(65)79(73)67-31-13-7-25-61(67)62-26-8-14-32-68(62)79)59-49-45-55(46-50-59)53-41-43-54(44-42-53)56-47-51-60(52-48-56)82(58-23-5-2-6-24-58)76-40-20-38-74-78(76)66-30-12-18-36-72(66)80(74)69-33-15-9-27-63(69)64-28-10-16-34-70(64)80/h1-52H. The zero-order valence-corrected chi connectivity index (χ0v) is 44.9. The van der Waals surface area contributed by atoms with Crippen molar-refractivity contribution >= 4 is 34.1 Å². The molecule has 0 saturated carbocycles. The number of hydrogen-bond acceptors (Lipinski definition) is 2. The fourth-order valence-corrected chi connectivity index (χ4v) is 15.1. The zero-order valence-electron chi connectivity index (χ0n) is 44.9. The van der Waals surface area contributed by atoms with Gasteiger partial charge in [-0.2, -0.15) is 0 Å². The van der Waals surface area contributed by atoms with Gasteiger partial charge in [-0.3, -0.25) is 0 Å². The van der Waals surface area contributed by atoms with Gasteiger partial charge < -0.3 is 9.80 Å². The molecule has 0 atom stereocenters. The van der Waals surface area contributed by atoms with Crippen molar-refractivity contribution in [1.29, 1.82) is 0 Å². The lowest BCUT2D eigenvalue weighted by Crippen LogP contribution is -2.26. The van der Waals surface area contributed by atoms with E-state index in [1.807, 2.05) is 0 Å². The van der Waals surface area contributed by atoms with Crippen LogP contribution < -0.4 is 9.80 Å². The van der Waals surface area contributed by atoms with E-state index in [9.17, 15) is 0 Å². The third-order valence-electron chi connectivity index (χ3n) is 18.3. The molecule has 0 aliphatic heterocycles. The van der Waals surface area contributed by atoms with Gasteiger partial charge in [0.1, 0.15) is 0 Å². The minimum atomic E-state index is -0.421. The number of fused-ring (bicyclic) bond motifs is 20. The average molecular weight is 1040 g/mol. The average Bonchev–Trinajstić information content (AvgIpc) is 2.12. The van der Waals surface area contributed by atoms with Crippen molar-refractivity contribution in [2.24, 2.45) is 0 Å². The van der Waals surface area contributed by atoms with Gasteiger partial charge >= 0.3 is 0 Å². The third kappa shape index (κ3) is 6.40. The molecule has 0 fully saturated rings. The molecule has 0 saturated heterocycles. The summed E-state index contributed by atoms with van der Waals surface area (Å²) >= 11 is 0. The molecule has 2 nitrogen and oxygen atoms in total. The van der Waals surface area contributed by atoms with Crippen LogP contribution in [0.4, 0.5) is 34.1 Å². The number of nitrogens with zero attached hydrogens (tertiary/aromatic N) is 2. The van der Waals surface area contributed by atoms with E-state index in [1.54, 1.807) is 0 Å². The first-order valence-corrected chi connectivity index (χ1v) is 28.6. The maximum Gasteiger partial charge on any atom is 0.0726 e. The lowest BCUT2D eigenvalue weighted by atomic mass is 9.70. The van der Waals surface area contributed by atoms with Crippen LogP contribution in [0.25, 0.3) is 66.8 Å². The van der Waals surface area contributed by atoms with E-state index in [-0.39, 0.29) is 0 Å². The Bertz CT molecular complexity index is 4280. The molecule has 0 unspecified atom stereocenters. The van der Waals surface area contributed by atoms with Crippen LogP contribution in [0.5, 0.6) is 0 Å². The van der Waals surface area contributed by atoms with Crippen molar-refractivity contribution in [2.45, 2.75) is 10.8 Å². The molecule has 13 aromatic carbocycles. The monoisotopic (exact) mass is 1040 g/mol. The zero-order chi connectivity index (χ0) is 53.9. The smallest absolute Gasteiger partial charge is 0.0726 e. The fourth-order valence-electron chi connectivity index (χ4n) is 15.1. The summed E-state index contributed by atoms with van der Waals surface area (Å²) in [5.74, 6) is 0. The predicted octanol–water partition coefficient (Wildman–Crippen LogP) is 20.6. The summed E-state index contributed by atoms with van der Waals surface area (Å²) in [6.07, 6.45) is 0. The van der Waals surface area contributed by atoms with Crippen LogP contribution in [0, 0.1) is 0 Å². The molecule has 82 heavy (non-hydrogen) atoms. The first kappa shape index (κ1) is 46.4. The molecule has 0 heterocycles. The summed E-state index contributed by atoms with van der Waals surface area (Å²) in [7, 11) is 0. The SMILES string of the molecule is c1ccc(N(c2ccc(-c3ccc(-c4ccc(N(c5ccccc5)c5cccc6c5-c5ccccc5C65c6ccccc6-c6ccccc65)cc4)cc3)cc2)c2cccc3c2-c2ccccc2C32c3ccccc3-c3ccccc32)cc1. The van der Waals surface area contributed by atoms with E-state index in [2.05, 4.69) is 325 Å². The Morgan fingerprint density at radius 3 is 0.720 bits per heavy atom. The van der Waals surface area contributed by atoms with E-state index >= 15 is 0 Å². The van der Waals surface area contributed by atoms with Gasteiger partial charge in [0.15, 0.2) is 0 Å². The number of anilines is 6. The van der Waals surface area contributed by atoms with Gasteiger partial charge in [-0.15, -0.1) is 0 Å². The lowest BCUT2D eigenvalue weighted by molar-refractivity contribution is 0.794. The molecule has 2 spiro atoms. The fraction of sp³-hybridized carbons (Fsp3) is 0.0250. The Morgan fingerprint density at radius 1 is 0.171 bits per heavy atom. The Labute approximate surface area is 478 Å². The molecule has 13 aromatic rings. The quantitative estimate of drug-likeness (QED) is 0.150. The lowest BCUT2D eigenvalue weighted by Gasteiger charge is -2.31. The number of rotatable bonds is 8. The normalized spacial score (nSPS) is 13.6.